The number of aryl methyl sites for hydroxylation is 2. The van der Waals surface area contributed by atoms with Crippen molar-refractivity contribution in [2.45, 2.75) is 33.4 Å². The van der Waals surface area contributed by atoms with E-state index in [-0.39, 0.29) is 0 Å². The van der Waals surface area contributed by atoms with Crippen LogP contribution >= 0.6 is 50.1 Å². The van der Waals surface area contributed by atoms with Crippen LogP contribution < -0.4 is 5.32 Å². The van der Waals surface area contributed by atoms with E-state index in [0.29, 0.717) is 0 Å². The minimum atomic E-state index is 0.735. The molecule has 0 aliphatic carbocycles. The van der Waals surface area contributed by atoms with Crippen LogP contribution in [-0.4, -0.2) is 9.78 Å². The maximum absolute atomic E-state index is 5.97. The third-order valence-corrected chi connectivity index (χ3v) is 5.11. The molecule has 0 radical (unpaired) electrons. The van der Waals surface area contributed by atoms with Crippen molar-refractivity contribution in [2.24, 2.45) is 0 Å². The summed E-state index contributed by atoms with van der Waals surface area (Å²) in [5.41, 5.74) is 3.37. The van der Waals surface area contributed by atoms with Crippen molar-refractivity contribution >= 4 is 55.8 Å². The Morgan fingerprint density at radius 3 is 2.75 bits per heavy atom. The highest BCUT2D eigenvalue weighted by Gasteiger charge is 2.13. The molecule has 2 rings (SSSR count). The topological polar surface area (TPSA) is 29.9 Å². The molecule has 0 saturated carbocycles. The molecule has 6 heteroatoms. The Morgan fingerprint density at radius 2 is 2.15 bits per heavy atom. The van der Waals surface area contributed by atoms with Crippen molar-refractivity contribution in [3.05, 3.63) is 42.7 Å². The number of halogens is 3. The lowest BCUT2D eigenvalue weighted by Gasteiger charge is -2.10. The van der Waals surface area contributed by atoms with E-state index >= 15 is 0 Å². The highest BCUT2D eigenvalue weighted by molar-refractivity contribution is 14.1. The first kappa shape index (κ1) is 16.1. The Hall–Kier alpha value is -0.270. The van der Waals surface area contributed by atoms with Gasteiger partial charge in [0, 0.05) is 20.8 Å². The van der Waals surface area contributed by atoms with Crippen molar-refractivity contribution < 1.29 is 0 Å². The molecular weight excluding hydrogens is 452 g/mol. The van der Waals surface area contributed by atoms with E-state index in [1.54, 1.807) is 0 Å². The standard InChI is InChI=1S/C14H16BrClIN3/c1-3-11-14(15)13(20(4-2)19-11)8-18-12-6-5-9(16)7-10(12)17/h5-7,18H,3-4,8H2,1-2H3. The highest BCUT2D eigenvalue weighted by atomic mass is 127. The number of hydrogen-bond donors (Lipinski definition) is 1. The Morgan fingerprint density at radius 1 is 1.40 bits per heavy atom. The second-order valence-electron chi connectivity index (χ2n) is 4.35. The van der Waals surface area contributed by atoms with Gasteiger partial charge in [-0.05, 0) is 70.1 Å². The van der Waals surface area contributed by atoms with Gasteiger partial charge in [-0.1, -0.05) is 18.5 Å². The second-order valence-corrected chi connectivity index (χ2v) is 6.75. The molecule has 0 unspecified atom stereocenters. The fraction of sp³-hybridized carbons (Fsp3) is 0.357. The lowest BCUT2D eigenvalue weighted by molar-refractivity contribution is 0.619. The van der Waals surface area contributed by atoms with E-state index in [0.717, 1.165) is 44.0 Å². The second kappa shape index (κ2) is 7.13. The molecule has 0 aliphatic rings. The summed E-state index contributed by atoms with van der Waals surface area (Å²) in [5, 5.41) is 8.81. The zero-order chi connectivity index (χ0) is 14.7. The molecule has 3 nitrogen and oxygen atoms in total. The van der Waals surface area contributed by atoms with Gasteiger partial charge in [0.2, 0.25) is 0 Å². The first-order valence-corrected chi connectivity index (χ1v) is 8.74. The van der Waals surface area contributed by atoms with E-state index < -0.39 is 0 Å². The maximum atomic E-state index is 5.97. The van der Waals surface area contributed by atoms with Gasteiger partial charge in [-0.2, -0.15) is 5.10 Å². The van der Waals surface area contributed by atoms with Gasteiger partial charge < -0.3 is 5.32 Å². The van der Waals surface area contributed by atoms with Crippen molar-refractivity contribution in [3.63, 3.8) is 0 Å². The zero-order valence-corrected chi connectivity index (χ0v) is 15.9. The minimum Gasteiger partial charge on any atom is -0.379 e. The molecule has 0 atom stereocenters. The number of nitrogens with one attached hydrogen (secondary N) is 1. The Balaban J connectivity index is 2.20. The monoisotopic (exact) mass is 467 g/mol. The van der Waals surface area contributed by atoms with E-state index in [4.69, 9.17) is 11.6 Å². The fourth-order valence-corrected chi connectivity index (χ4v) is 3.76. The summed E-state index contributed by atoms with van der Waals surface area (Å²) in [7, 11) is 0. The Labute approximate surface area is 146 Å². The lowest BCUT2D eigenvalue weighted by atomic mass is 10.3. The molecule has 2 aromatic rings. The highest BCUT2D eigenvalue weighted by Crippen LogP contribution is 2.26. The van der Waals surface area contributed by atoms with Crippen LogP contribution in [0.3, 0.4) is 0 Å². The van der Waals surface area contributed by atoms with Crippen molar-refractivity contribution in [3.8, 4) is 0 Å². The largest absolute Gasteiger partial charge is 0.379 e. The third-order valence-electron chi connectivity index (χ3n) is 3.07. The van der Waals surface area contributed by atoms with Gasteiger partial charge in [-0.15, -0.1) is 0 Å². The summed E-state index contributed by atoms with van der Waals surface area (Å²) in [6.07, 6.45) is 0.930. The molecule has 1 heterocycles. The molecule has 108 valence electrons. The van der Waals surface area contributed by atoms with Gasteiger partial charge in [-0.25, -0.2) is 0 Å². The van der Waals surface area contributed by atoms with Gasteiger partial charge in [0.05, 0.1) is 22.4 Å². The molecular formula is C14H16BrClIN3. The van der Waals surface area contributed by atoms with Crippen LogP contribution in [-0.2, 0) is 19.5 Å². The van der Waals surface area contributed by atoms with Crippen molar-refractivity contribution in [2.75, 3.05) is 5.32 Å². The molecule has 0 spiro atoms. The molecule has 1 N–H and O–H groups in total. The summed E-state index contributed by atoms with van der Waals surface area (Å²) in [4.78, 5) is 0. The number of hydrogen-bond acceptors (Lipinski definition) is 2. The van der Waals surface area contributed by atoms with Gasteiger partial charge >= 0.3 is 0 Å². The average molecular weight is 469 g/mol. The van der Waals surface area contributed by atoms with E-state index in [1.165, 1.54) is 5.69 Å². The molecule has 0 aliphatic heterocycles. The minimum absolute atomic E-state index is 0.735. The number of rotatable bonds is 5. The number of nitrogens with zero attached hydrogens (tertiary/aromatic N) is 2. The van der Waals surface area contributed by atoms with Crippen molar-refractivity contribution in [1.29, 1.82) is 0 Å². The quantitative estimate of drug-likeness (QED) is 0.619. The number of anilines is 1. The van der Waals surface area contributed by atoms with Crippen LogP contribution in [0.15, 0.2) is 22.7 Å². The first-order chi connectivity index (χ1) is 9.56. The van der Waals surface area contributed by atoms with Gasteiger partial charge in [-0.3, -0.25) is 4.68 Å². The van der Waals surface area contributed by atoms with Crippen LogP contribution in [0.4, 0.5) is 5.69 Å². The van der Waals surface area contributed by atoms with Crippen LogP contribution in [0.2, 0.25) is 5.02 Å². The van der Waals surface area contributed by atoms with Crippen LogP contribution in [0.1, 0.15) is 25.2 Å². The van der Waals surface area contributed by atoms with Crippen LogP contribution in [0.5, 0.6) is 0 Å². The first-order valence-electron chi connectivity index (χ1n) is 6.49. The van der Waals surface area contributed by atoms with E-state index in [9.17, 15) is 0 Å². The zero-order valence-electron chi connectivity index (χ0n) is 11.4. The average Bonchev–Trinajstić information content (AvgIpc) is 2.74. The summed E-state index contributed by atoms with van der Waals surface area (Å²) in [5.74, 6) is 0. The molecule has 0 amide bonds. The van der Waals surface area contributed by atoms with Gasteiger partial charge in [0.1, 0.15) is 0 Å². The van der Waals surface area contributed by atoms with Crippen molar-refractivity contribution in [1.82, 2.24) is 9.78 Å². The summed E-state index contributed by atoms with van der Waals surface area (Å²) < 4.78 is 4.27. The maximum Gasteiger partial charge on any atom is 0.0767 e. The fourth-order valence-electron chi connectivity index (χ4n) is 2.00. The number of aromatic nitrogens is 2. The van der Waals surface area contributed by atoms with Crippen LogP contribution in [0, 0.1) is 3.57 Å². The SMILES string of the molecule is CCc1nn(CC)c(CNc2ccc(Cl)cc2I)c1Br. The lowest BCUT2D eigenvalue weighted by Crippen LogP contribution is -2.09. The van der Waals surface area contributed by atoms with E-state index in [1.807, 2.05) is 22.9 Å². The molecule has 0 fully saturated rings. The number of benzene rings is 1. The molecule has 0 saturated heterocycles. The summed E-state index contributed by atoms with van der Waals surface area (Å²) >= 11 is 11.9. The Kier molecular flexibility index (Phi) is 5.74. The molecule has 20 heavy (non-hydrogen) atoms. The smallest absolute Gasteiger partial charge is 0.0767 e. The predicted octanol–water partition coefficient (Wildman–Crippen LogP) is 5.10. The molecule has 0 bridgehead atoms. The van der Waals surface area contributed by atoms with E-state index in [2.05, 4.69) is 62.8 Å². The van der Waals surface area contributed by atoms with Crippen LogP contribution in [0.25, 0.3) is 0 Å². The predicted molar refractivity (Wildman–Crippen MR) is 96.5 cm³/mol. The summed E-state index contributed by atoms with van der Waals surface area (Å²) in [6, 6.07) is 5.86. The molecule has 1 aromatic carbocycles. The third kappa shape index (κ3) is 3.49. The molecule has 1 aromatic heterocycles. The van der Waals surface area contributed by atoms with Gasteiger partial charge in [0.25, 0.3) is 0 Å². The van der Waals surface area contributed by atoms with Gasteiger partial charge in [0.15, 0.2) is 0 Å². The summed E-state index contributed by atoms with van der Waals surface area (Å²) in [6.45, 7) is 5.83. The Bertz CT molecular complexity index is 613. The normalized spacial score (nSPS) is 10.8.